The third-order valence-electron chi connectivity index (χ3n) is 4.87. The van der Waals surface area contributed by atoms with Crippen LogP contribution in [0.3, 0.4) is 0 Å². The smallest absolute Gasteiger partial charge is 0.276 e. The highest BCUT2D eigenvalue weighted by atomic mass is 16.6. The molecule has 1 amide bonds. The van der Waals surface area contributed by atoms with E-state index in [1.54, 1.807) is 37.3 Å². The molecule has 1 atom stereocenters. The number of methoxy groups -OCH3 is 2. The van der Waals surface area contributed by atoms with Crippen LogP contribution in [-0.4, -0.2) is 36.5 Å². The van der Waals surface area contributed by atoms with Crippen LogP contribution in [0.1, 0.15) is 30.0 Å². The summed E-state index contributed by atoms with van der Waals surface area (Å²) in [5.74, 6) is 1.09. The van der Waals surface area contributed by atoms with Crippen molar-refractivity contribution in [3.63, 3.8) is 0 Å². The topological polar surface area (TPSA) is 81.9 Å². The lowest BCUT2D eigenvalue weighted by Gasteiger charge is -2.24. The van der Waals surface area contributed by atoms with E-state index in [-0.39, 0.29) is 17.6 Å². The molecule has 1 unspecified atom stereocenters. The number of para-hydroxylation sites is 1. The van der Waals surface area contributed by atoms with Crippen LogP contribution in [0.4, 0.5) is 5.69 Å². The monoisotopic (exact) mass is 382 g/mol. The van der Waals surface area contributed by atoms with Crippen molar-refractivity contribution in [2.45, 2.75) is 18.9 Å². The van der Waals surface area contributed by atoms with Crippen molar-refractivity contribution < 1.29 is 19.2 Å². The number of hydrogen-bond donors (Lipinski definition) is 0. The predicted octanol–water partition coefficient (Wildman–Crippen LogP) is 3.99. The van der Waals surface area contributed by atoms with E-state index in [0.717, 1.165) is 18.4 Å². The number of likely N-dealkylation sites (tertiary alicyclic amines) is 1. The lowest BCUT2D eigenvalue weighted by Crippen LogP contribution is -2.28. The first kappa shape index (κ1) is 19.4. The Balaban J connectivity index is 1.81. The first-order valence-electron chi connectivity index (χ1n) is 8.99. The normalized spacial score (nSPS) is 16.4. The van der Waals surface area contributed by atoms with Gasteiger partial charge >= 0.3 is 0 Å². The summed E-state index contributed by atoms with van der Waals surface area (Å²) in [4.78, 5) is 25.2. The maximum atomic E-state index is 12.8. The number of ether oxygens (including phenoxy) is 2. The van der Waals surface area contributed by atoms with Crippen molar-refractivity contribution in [1.29, 1.82) is 0 Å². The third kappa shape index (κ3) is 3.98. The minimum absolute atomic E-state index is 0.0237. The summed E-state index contributed by atoms with van der Waals surface area (Å²) in [6.07, 6.45) is 4.65. The van der Waals surface area contributed by atoms with Crippen molar-refractivity contribution in [2.75, 3.05) is 20.8 Å². The highest BCUT2D eigenvalue weighted by molar-refractivity contribution is 5.92. The second-order valence-electron chi connectivity index (χ2n) is 6.45. The molecule has 0 spiro atoms. The number of amides is 1. The van der Waals surface area contributed by atoms with Gasteiger partial charge in [-0.25, -0.2) is 0 Å². The molecule has 1 saturated heterocycles. The van der Waals surface area contributed by atoms with Gasteiger partial charge in [0.1, 0.15) is 0 Å². The van der Waals surface area contributed by atoms with Gasteiger partial charge in [-0.1, -0.05) is 18.2 Å². The average molecular weight is 382 g/mol. The predicted molar refractivity (Wildman–Crippen MR) is 105 cm³/mol. The largest absolute Gasteiger partial charge is 0.493 e. The SMILES string of the molecule is COc1ccc(C2CCCN2C(=O)/C=C/c2ccccc2[N+](=O)[O-])cc1OC. The van der Waals surface area contributed by atoms with Crippen LogP contribution < -0.4 is 9.47 Å². The molecule has 7 nitrogen and oxygen atoms in total. The van der Waals surface area contributed by atoms with Crippen LogP contribution in [-0.2, 0) is 4.79 Å². The number of rotatable bonds is 6. The van der Waals surface area contributed by atoms with E-state index in [4.69, 9.17) is 9.47 Å². The van der Waals surface area contributed by atoms with Gasteiger partial charge in [-0.05, 0) is 42.7 Å². The summed E-state index contributed by atoms with van der Waals surface area (Å²) < 4.78 is 10.6. The van der Waals surface area contributed by atoms with Crippen LogP contribution >= 0.6 is 0 Å². The second-order valence-corrected chi connectivity index (χ2v) is 6.45. The van der Waals surface area contributed by atoms with Gasteiger partial charge in [-0.2, -0.15) is 0 Å². The van der Waals surface area contributed by atoms with Gasteiger partial charge in [0.2, 0.25) is 5.91 Å². The summed E-state index contributed by atoms with van der Waals surface area (Å²) >= 11 is 0. The first-order chi connectivity index (χ1) is 13.5. The van der Waals surface area contributed by atoms with Crippen molar-refractivity contribution in [3.8, 4) is 11.5 Å². The number of nitro groups is 1. The van der Waals surface area contributed by atoms with Gasteiger partial charge in [0.05, 0.1) is 30.7 Å². The lowest BCUT2D eigenvalue weighted by molar-refractivity contribution is -0.385. The molecular weight excluding hydrogens is 360 g/mol. The summed E-state index contributed by atoms with van der Waals surface area (Å²) in [7, 11) is 3.16. The first-order valence-corrected chi connectivity index (χ1v) is 8.99. The van der Waals surface area contributed by atoms with E-state index in [0.29, 0.717) is 23.6 Å². The number of carbonyl (C=O) groups excluding carboxylic acids is 1. The van der Waals surface area contributed by atoms with Crippen molar-refractivity contribution in [3.05, 3.63) is 69.8 Å². The molecule has 2 aromatic carbocycles. The molecule has 146 valence electrons. The number of hydrogen-bond acceptors (Lipinski definition) is 5. The fourth-order valence-electron chi connectivity index (χ4n) is 3.49. The van der Waals surface area contributed by atoms with Gasteiger partial charge in [-0.3, -0.25) is 14.9 Å². The minimum atomic E-state index is -0.452. The van der Waals surface area contributed by atoms with Crippen LogP contribution in [0.25, 0.3) is 6.08 Å². The molecule has 28 heavy (non-hydrogen) atoms. The van der Waals surface area contributed by atoms with Crippen LogP contribution in [0.5, 0.6) is 11.5 Å². The Kier molecular flexibility index (Phi) is 5.93. The van der Waals surface area contributed by atoms with E-state index < -0.39 is 4.92 Å². The maximum Gasteiger partial charge on any atom is 0.276 e. The Morgan fingerprint density at radius 2 is 1.93 bits per heavy atom. The van der Waals surface area contributed by atoms with Crippen molar-refractivity contribution >= 4 is 17.7 Å². The van der Waals surface area contributed by atoms with Gasteiger partial charge in [-0.15, -0.1) is 0 Å². The van der Waals surface area contributed by atoms with E-state index in [2.05, 4.69) is 0 Å². The lowest BCUT2D eigenvalue weighted by atomic mass is 10.0. The van der Waals surface area contributed by atoms with Gasteiger partial charge < -0.3 is 14.4 Å². The zero-order valence-corrected chi connectivity index (χ0v) is 15.8. The highest BCUT2D eigenvalue weighted by Gasteiger charge is 2.29. The van der Waals surface area contributed by atoms with Crippen LogP contribution in [0.15, 0.2) is 48.5 Å². The molecule has 1 heterocycles. The quantitative estimate of drug-likeness (QED) is 0.429. The molecule has 0 radical (unpaired) electrons. The molecule has 7 heteroatoms. The molecule has 0 aromatic heterocycles. The number of nitro benzene ring substituents is 1. The van der Waals surface area contributed by atoms with Crippen molar-refractivity contribution in [2.24, 2.45) is 0 Å². The summed E-state index contributed by atoms with van der Waals surface area (Å²) in [6, 6.07) is 11.9. The molecule has 2 aromatic rings. The average Bonchev–Trinajstić information content (AvgIpc) is 3.21. The molecular formula is C21H22N2O5. The number of benzene rings is 2. The molecule has 1 aliphatic rings. The molecule has 0 aliphatic carbocycles. The van der Waals surface area contributed by atoms with E-state index in [1.165, 1.54) is 18.2 Å². The molecule has 3 rings (SSSR count). The molecule has 1 aliphatic heterocycles. The summed E-state index contributed by atoms with van der Waals surface area (Å²) in [6.45, 7) is 0.638. The van der Waals surface area contributed by atoms with E-state index >= 15 is 0 Å². The minimum Gasteiger partial charge on any atom is -0.493 e. The Morgan fingerprint density at radius 3 is 2.64 bits per heavy atom. The molecule has 0 saturated carbocycles. The van der Waals surface area contributed by atoms with Crippen molar-refractivity contribution in [1.82, 2.24) is 4.90 Å². The summed E-state index contributed by atoms with van der Waals surface area (Å²) in [5, 5.41) is 11.1. The fraction of sp³-hybridized carbons (Fsp3) is 0.286. The highest BCUT2D eigenvalue weighted by Crippen LogP contribution is 2.37. The number of carbonyl (C=O) groups is 1. The van der Waals surface area contributed by atoms with Crippen LogP contribution in [0.2, 0.25) is 0 Å². The standard InChI is InChI=1S/C21H22N2O5/c1-27-19-11-9-16(14-20(19)28-2)17-8-5-13-22(17)21(24)12-10-15-6-3-4-7-18(15)23(25)26/h3-4,6-7,9-12,14,17H,5,8,13H2,1-2H3/b12-10+. The Hall–Kier alpha value is -3.35. The fourth-order valence-corrected chi connectivity index (χ4v) is 3.49. The third-order valence-corrected chi connectivity index (χ3v) is 4.87. The van der Waals surface area contributed by atoms with Gasteiger partial charge in [0.15, 0.2) is 11.5 Å². The molecule has 0 N–H and O–H groups in total. The Bertz CT molecular complexity index is 909. The van der Waals surface area contributed by atoms with E-state index in [9.17, 15) is 14.9 Å². The maximum absolute atomic E-state index is 12.8. The van der Waals surface area contributed by atoms with Gasteiger partial charge in [0, 0.05) is 18.7 Å². The summed E-state index contributed by atoms with van der Waals surface area (Å²) in [5.41, 5.74) is 1.36. The Labute approximate surface area is 163 Å². The zero-order valence-electron chi connectivity index (χ0n) is 15.8. The van der Waals surface area contributed by atoms with E-state index in [1.807, 2.05) is 18.2 Å². The van der Waals surface area contributed by atoms with Crippen LogP contribution in [0, 0.1) is 10.1 Å². The molecule has 1 fully saturated rings. The molecule has 0 bridgehead atoms. The Morgan fingerprint density at radius 1 is 1.18 bits per heavy atom. The van der Waals surface area contributed by atoms with Gasteiger partial charge in [0.25, 0.3) is 5.69 Å². The second kappa shape index (κ2) is 8.56. The number of nitrogens with zero attached hydrogens (tertiary/aromatic N) is 2. The zero-order chi connectivity index (χ0) is 20.1.